The molecule has 2 aliphatic heterocycles. The number of carbonyl (C=O) groups excluding carboxylic acids is 2. The smallest absolute Gasteiger partial charge is 0.334 e. The molecule has 0 amide bonds. The SMILES string of the molecule is O=C(CC(C(=O)OC1=NCCS1)S(=O)(=O)O)OC1=NCCS1. The van der Waals surface area contributed by atoms with Crippen LogP contribution >= 0.6 is 23.5 Å². The summed E-state index contributed by atoms with van der Waals surface area (Å²) < 4.78 is 41.3. The highest BCUT2D eigenvalue weighted by molar-refractivity contribution is 8.14. The van der Waals surface area contributed by atoms with Gasteiger partial charge >= 0.3 is 11.9 Å². The third kappa shape index (κ3) is 4.97. The molecule has 0 saturated carbocycles. The highest BCUT2D eigenvalue weighted by atomic mass is 32.2. The van der Waals surface area contributed by atoms with Crippen molar-refractivity contribution in [3.63, 3.8) is 0 Å². The van der Waals surface area contributed by atoms with Gasteiger partial charge < -0.3 is 9.47 Å². The van der Waals surface area contributed by atoms with E-state index in [2.05, 4.69) is 9.98 Å². The molecule has 2 heterocycles. The van der Waals surface area contributed by atoms with Gasteiger partial charge in [-0.1, -0.05) is 23.5 Å². The van der Waals surface area contributed by atoms with Crippen molar-refractivity contribution in [3.8, 4) is 0 Å². The lowest BCUT2D eigenvalue weighted by molar-refractivity contribution is -0.141. The van der Waals surface area contributed by atoms with Crippen LogP contribution in [0.2, 0.25) is 0 Å². The van der Waals surface area contributed by atoms with Crippen LogP contribution < -0.4 is 0 Å². The molecule has 1 N–H and O–H groups in total. The molecule has 0 bridgehead atoms. The second-order valence-electron chi connectivity index (χ2n) is 4.10. The van der Waals surface area contributed by atoms with Gasteiger partial charge in [0.1, 0.15) is 0 Å². The molecule has 0 fully saturated rings. The molecule has 2 rings (SSSR count). The fraction of sp³-hybridized carbons (Fsp3) is 0.600. The van der Waals surface area contributed by atoms with Crippen molar-refractivity contribution in [1.29, 1.82) is 0 Å². The van der Waals surface area contributed by atoms with Gasteiger partial charge in [-0.3, -0.25) is 14.1 Å². The standard InChI is InChI=1S/C10H12N2O7S3/c13-7(18-9-11-1-3-20-9)5-6(22(15,16)17)8(14)19-10-12-2-4-21-10/h6H,1-5H2,(H,15,16,17). The van der Waals surface area contributed by atoms with Gasteiger partial charge in [0.25, 0.3) is 20.6 Å². The minimum atomic E-state index is -4.82. The summed E-state index contributed by atoms with van der Waals surface area (Å²) in [5.74, 6) is -0.996. The minimum absolute atomic E-state index is 0.0164. The number of aliphatic imine (C=N–C) groups is 2. The molecule has 9 nitrogen and oxygen atoms in total. The molecule has 0 aromatic rings. The quantitative estimate of drug-likeness (QED) is 0.534. The summed E-state index contributed by atoms with van der Waals surface area (Å²) in [6.45, 7) is 0.941. The average Bonchev–Trinajstić information content (AvgIpc) is 3.08. The molecule has 0 aliphatic carbocycles. The van der Waals surface area contributed by atoms with Crippen molar-refractivity contribution in [1.82, 2.24) is 0 Å². The molecule has 22 heavy (non-hydrogen) atoms. The lowest BCUT2D eigenvalue weighted by Crippen LogP contribution is -2.35. The molecule has 122 valence electrons. The number of esters is 2. The van der Waals surface area contributed by atoms with E-state index in [-0.39, 0.29) is 10.5 Å². The third-order valence-electron chi connectivity index (χ3n) is 2.48. The van der Waals surface area contributed by atoms with Crippen LogP contribution in [0.15, 0.2) is 9.98 Å². The predicted octanol–water partition coefficient (Wildman–Crippen LogP) is -0.0751. The molecule has 0 saturated heterocycles. The van der Waals surface area contributed by atoms with Gasteiger partial charge in [-0.15, -0.1) is 0 Å². The summed E-state index contributed by atoms with van der Waals surface area (Å²) in [5, 5.41) is -1.93. The van der Waals surface area contributed by atoms with Crippen molar-refractivity contribution in [2.24, 2.45) is 9.98 Å². The topological polar surface area (TPSA) is 132 Å². The van der Waals surface area contributed by atoms with Gasteiger partial charge in [0.2, 0.25) is 0 Å². The summed E-state index contributed by atoms with van der Waals surface area (Å²) in [6, 6.07) is 0. The Morgan fingerprint density at radius 1 is 1.14 bits per heavy atom. The summed E-state index contributed by atoms with van der Waals surface area (Å²) in [5.41, 5.74) is 0. The third-order valence-corrected chi connectivity index (χ3v) is 5.25. The predicted molar refractivity (Wildman–Crippen MR) is 81.7 cm³/mol. The summed E-state index contributed by atoms with van der Waals surface area (Å²) >= 11 is 2.33. The Morgan fingerprint density at radius 2 is 1.68 bits per heavy atom. The molecule has 1 unspecified atom stereocenters. The van der Waals surface area contributed by atoms with Gasteiger partial charge in [0, 0.05) is 11.5 Å². The maximum absolute atomic E-state index is 11.8. The second kappa shape index (κ2) is 7.44. The van der Waals surface area contributed by atoms with Crippen molar-refractivity contribution < 1.29 is 32.0 Å². The number of rotatable bonds is 4. The zero-order chi connectivity index (χ0) is 16.2. The van der Waals surface area contributed by atoms with E-state index in [1.54, 1.807) is 0 Å². The fourth-order valence-electron chi connectivity index (χ4n) is 1.51. The van der Waals surface area contributed by atoms with E-state index < -0.39 is 33.7 Å². The molecule has 1 atom stereocenters. The highest BCUT2D eigenvalue weighted by Gasteiger charge is 2.37. The Labute approximate surface area is 134 Å². The number of hydrogen-bond donors (Lipinski definition) is 1. The van der Waals surface area contributed by atoms with Crippen LogP contribution in [-0.4, -0.2) is 65.2 Å². The zero-order valence-electron chi connectivity index (χ0n) is 11.1. The monoisotopic (exact) mass is 368 g/mol. The Balaban J connectivity index is 1.99. The molecule has 0 radical (unpaired) electrons. The Bertz CT molecular complexity index is 628. The summed E-state index contributed by atoms with van der Waals surface area (Å²) in [4.78, 5) is 31.2. The molecular formula is C10H12N2O7S3. The van der Waals surface area contributed by atoms with Crippen LogP contribution in [0.25, 0.3) is 0 Å². The van der Waals surface area contributed by atoms with Crippen LogP contribution in [0, 0.1) is 0 Å². The zero-order valence-corrected chi connectivity index (χ0v) is 13.6. The van der Waals surface area contributed by atoms with Gasteiger partial charge in [-0.2, -0.15) is 8.42 Å². The van der Waals surface area contributed by atoms with Crippen LogP contribution in [0.1, 0.15) is 6.42 Å². The summed E-state index contributed by atoms with van der Waals surface area (Å²) in [6.07, 6.45) is -0.866. The molecule has 0 aromatic carbocycles. The molecule has 2 aliphatic rings. The maximum atomic E-state index is 11.8. The number of thioether (sulfide) groups is 2. The number of nitrogens with zero attached hydrogens (tertiary/aromatic N) is 2. The van der Waals surface area contributed by atoms with E-state index in [9.17, 15) is 18.0 Å². The van der Waals surface area contributed by atoms with Crippen LogP contribution in [-0.2, 0) is 29.2 Å². The largest absolute Gasteiger partial charge is 0.401 e. The molecule has 0 spiro atoms. The van der Waals surface area contributed by atoms with Gasteiger partial charge in [-0.25, -0.2) is 9.98 Å². The van der Waals surface area contributed by atoms with Crippen LogP contribution in [0.5, 0.6) is 0 Å². The van der Waals surface area contributed by atoms with Crippen molar-refractivity contribution in [2.75, 3.05) is 24.6 Å². The maximum Gasteiger partial charge on any atom is 0.334 e. The Hall–Kier alpha value is -1.11. The van der Waals surface area contributed by atoms with Crippen molar-refractivity contribution in [3.05, 3.63) is 0 Å². The Morgan fingerprint density at radius 3 is 2.14 bits per heavy atom. The second-order valence-corrected chi connectivity index (χ2v) is 7.79. The van der Waals surface area contributed by atoms with Gasteiger partial charge in [-0.05, 0) is 0 Å². The van der Waals surface area contributed by atoms with E-state index in [1.807, 2.05) is 0 Å². The van der Waals surface area contributed by atoms with Crippen LogP contribution in [0.4, 0.5) is 0 Å². The molecule has 12 heteroatoms. The van der Waals surface area contributed by atoms with E-state index in [4.69, 9.17) is 14.0 Å². The average molecular weight is 368 g/mol. The first-order chi connectivity index (χ1) is 10.4. The lowest BCUT2D eigenvalue weighted by Gasteiger charge is -2.12. The Kier molecular flexibility index (Phi) is 5.83. The number of carbonyl (C=O) groups is 2. The molecule has 0 aromatic heterocycles. The highest BCUT2D eigenvalue weighted by Crippen LogP contribution is 2.18. The van der Waals surface area contributed by atoms with E-state index in [1.165, 1.54) is 11.8 Å². The van der Waals surface area contributed by atoms with E-state index in [0.29, 0.717) is 24.6 Å². The number of ether oxygens (including phenoxy) is 2. The van der Waals surface area contributed by atoms with Crippen molar-refractivity contribution >= 4 is 56.0 Å². The first kappa shape index (κ1) is 17.2. The molecular weight excluding hydrogens is 356 g/mol. The van der Waals surface area contributed by atoms with Gasteiger partial charge in [0.05, 0.1) is 19.5 Å². The van der Waals surface area contributed by atoms with Crippen LogP contribution in [0.3, 0.4) is 0 Å². The minimum Gasteiger partial charge on any atom is -0.401 e. The number of hydrogen-bond acceptors (Lipinski definition) is 10. The first-order valence-corrected chi connectivity index (χ1v) is 9.57. The van der Waals surface area contributed by atoms with E-state index >= 15 is 0 Å². The van der Waals surface area contributed by atoms with Gasteiger partial charge in [0.15, 0.2) is 5.25 Å². The van der Waals surface area contributed by atoms with Crippen molar-refractivity contribution in [2.45, 2.75) is 11.7 Å². The first-order valence-electron chi connectivity index (χ1n) is 6.09. The van der Waals surface area contributed by atoms with E-state index in [0.717, 1.165) is 11.8 Å². The fourth-order valence-corrected chi connectivity index (χ4v) is 3.52. The normalized spacial score (nSPS) is 19.3. The lowest BCUT2D eigenvalue weighted by atomic mass is 10.3. The summed E-state index contributed by atoms with van der Waals surface area (Å²) in [7, 11) is -4.82.